The highest BCUT2D eigenvalue weighted by atomic mass is 16.6. The summed E-state index contributed by atoms with van der Waals surface area (Å²) in [4.78, 5) is 22.3. The largest absolute Gasteiger partial charge is 0.489 e. The fourth-order valence-corrected chi connectivity index (χ4v) is 1.99. The molecule has 2 aromatic carbocycles. The maximum atomic E-state index is 12.2. The number of carbonyl (C=O) groups is 1. The number of carbonyl (C=O) groups excluding carboxylic acids is 1. The molecule has 136 valence electrons. The molecule has 0 heterocycles. The number of amides is 1. The van der Waals surface area contributed by atoms with E-state index in [4.69, 9.17) is 9.47 Å². The number of hydrogen-bond acceptors (Lipinski definition) is 5. The SMILES string of the molecule is C=C(C)COc1ccc(NC(=O)C(C)Oc2ccc([N+](=O)[O-])cc2)cc1. The van der Waals surface area contributed by atoms with E-state index in [1.807, 2.05) is 6.92 Å². The lowest BCUT2D eigenvalue weighted by atomic mass is 10.2. The second-order valence-electron chi connectivity index (χ2n) is 5.77. The molecule has 0 fully saturated rings. The molecule has 1 amide bonds. The molecule has 0 bridgehead atoms. The molecule has 2 aromatic rings. The number of nitrogens with zero attached hydrogens (tertiary/aromatic N) is 1. The predicted molar refractivity (Wildman–Crippen MR) is 98.6 cm³/mol. The summed E-state index contributed by atoms with van der Waals surface area (Å²) in [6.07, 6.45) is -0.768. The Balaban J connectivity index is 1.89. The molecule has 1 atom stereocenters. The van der Waals surface area contributed by atoms with Crippen molar-refractivity contribution in [3.8, 4) is 11.5 Å². The van der Waals surface area contributed by atoms with E-state index in [0.29, 0.717) is 23.8 Å². The number of ether oxygens (including phenoxy) is 2. The van der Waals surface area contributed by atoms with Crippen LogP contribution in [0.15, 0.2) is 60.7 Å². The summed E-state index contributed by atoms with van der Waals surface area (Å²) >= 11 is 0. The third-order valence-corrected chi connectivity index (χ3v) is 3.34. The lowest BCUT2D eigenvalue weighted by molar-refractivity contribution is -0.384. The molecule has 0 aliphatic carbocycles. The van der Waals surface area contributed by atoms with Crippen molar-refractivity contribution in [2.24, 2.45) is 0 Å². The summed E-state index contributed by atoms with van der Waals surface area (Å²) in [5, 5.41) is 13.4. The Bertz CT molecular complexity index is 785. The van der Waals surface area contributed by atoms with E-state index >= 15 is 0 Å². The Morgan fingerprint density at radius 1 is 1.15 bits per heavy atom. The summed E-state index contributed by atoms with van der Waals surface area (Å²) in [5.41, 5.74) is 1.49. The summed E-state index contributed by atoms with van der Waals surface area (Å²) in [7, 11) is 0. The van der Waals surface area contributed by atoms with Crippen molar-refractivity contribution in [2.45, 2.75) is 20.0 Å². The summed E-state index contributed by atoms with van der Waals surface area (Å²) in [5.74, 6) is 0.724. The highest BCUT2D eigenvalue weighted by Gasteiger charge is 2.15. The summed E-state index contributed by atoms with van der Waals surface area (Å²) in [6.45, 7) is 7.68. The maximum Gasteiger partial charge on any atom is 0.269 e. The molecule has 0 spiro atoms. The fraction of sp³-hybridized carbons (Fsp3) is 0.211. The molecule has 0 aliphatic heterocycles. The number of non-ortho nitro benzene ring substituents is 1. The predicted octanol–water partition coefficient (Wildman–Crippen LogP) is 3.96. The standard InChI is InChI=1S/C19H20N2O5/c1-13(2)12-25-17-8-4-15(5-9-17)20-19(22)14(3)26-18-10-6-16(7-11-18)21(23)24/h4-11,14H,1,12H2,2-3H3,(H,20,22). The van der Waals surface area contributed by atoms with E-state index in [9.17, 15) is 14.9 Å². The van der Waals surface area contributed by atoms with E-state index in [2.05, 4.69) is 11.9 Å². The Morgan fingerprint density at radius 2 is 1.73 bits per heavy atom. The molecule has 1 unspecified atom stereocenters. The van der Waals surface area contributed by atoms with Crippen LogP contribution in [0.3, 0.4) is 0 Å². The zero-order chi connectivity index (χ0) is 19.1. The number of hydrogen-bond donors (Lipinski definition) is 1. The molecule has 0 radical (unpaired) electrons. The fourth-order valence-electron chi connectivity index (χ4n) is 1.99. The van der Waals surface area contributed by atoms with Crippen LogP contribution >= 0.6 is 0 Å². The van der Waals surface area contributed by atoms with Gasteiger partial charge in [-0.25, -0.2) is 0 Å². The Morgan fingerprint density at radius 3 is 2.27 bits per heavy atom. The maximum absolute atomic E-state index is 12.2. The average molecular weight is 356 g/mol. The molecule has 26 heavy (non-hydrogen) atoms. The van der Waals surface area contributed by atoms with Gasteiger partial charge in [0.2, 0.25) is 0 Å². The van der Waals surface area contributed by atoms with E-state index in [-0.39, 0.29) is 11.6 Å². The van der Waals surface area contributed by atoms with Crippen LogP contribution < -0.4 is 14.8 Å². The smallest absolute Gasteiger partial charge is 0.269 e. The molecule has 7 nitrogen and oxygen atoms in total. The number of benzene rings is 2. The molecule has 0 saturated heterocycles. The van der Waals surface area contributed by atoms with Gasteiger partial charge >= 0.3 is 0 Å². The van der Waals surface area contributed by atoms with Crippen molar-refractivity contribution >= 4 is 17.3 Å². The molecular formula is C19H20N2O5. The van der Waals surface area contributed by atoms with Crippen LogP contribution in [0.2, 0.25) is 0 Å². The Hall–Kier alpha value is -3.35. The normalized spacial score (nSPS) is 11.3. The van der Waals surface area contributed by atoms with Crippen molar-refractivity contribution in [1.29, 1.82) is 0 Å². The lowest BCUT2D eigenvalue weighted by Crippen LogP contribution is -2.30. The number of nitrogens with one attached hydrogen (secondary N) is 1. The zero-order valence-electron chi connectivity index (χ0n) is 14.6. The van der Waals surface area contributed by atoms with Gasteiger partial charge in [0, 0.05) is 17.8 Å². The molecule has 0 saturated carbocycles. The quantitative estimate of drug-likeness (QED) is 0.439. The average Bonchev–Trinajstić information content (AvgIpc) is 2.61. The van der Waals surface area contributed by atoms with Crippen LogP contribution in [0.4, 0.5) is 11.4 Å². The van der Waals surface area contributed by atoms with Crippen LogP contribution in [0.5, 0.6) is 11.5 Å². The van der Waals surface area contributed by atoms with Crippen LogP contribution in [-0.2, 0) is 4.79 Å². The first kappa shape index (κ1) is 19.0. The monoisotopic (exact) mass is 356 g/mol. The van der Waals surface area contributed by atoms with Crippen LogP contribution in [-0.4, -0.2) is 23.5 Å². The highest BCUT2D eigenvalue weighted by Crippen LogP contribution is 2.20. The minimum atomic E-state index is -0.768. The van der Waals surface area contributed by atoms with Gasteiger partial charge in [0.15, 0.2) is 6.10 Å². The second-order valence-corrected chi connectivity index (χ2v) is 5.77. The number of nitro groups is 1. The van der Waals surface area contributed by atoms with Crippen LogP contribution in [0.1, 0.15) is 13.8 Å². The number of anilines is 1. The number of nitro benzene ring substituents is 1. The van der Waals surface area contributed by atoms with E-state index < -0.39 is 11.0 Å². The third kappa shape index (κ3) is 5.62. The van der Waals surface area contributed by atoms with Gasteiger partial charge in [-0.3, -0.25) is 14.9 Å². The van der Waals surface area contributed by atoms with Gasteiger partial charge in [0.25, 0.3) is 11.6 Å². The first-order valence-corrected chi connectivity index (χ1v) is 7.94. The van der Waals surface area contributed by atoms with Crippen LogP contribution in [0, 0.1) is 10.1 Å². The Kier molecular flexibility index (Phi) is 6.32. The molecular weight excluding hydrogens is 336 g/mol. The first-order chi connectivity index (χ1) is 12.3. The minimum absolute atomic E-state index is 0.0385. The van der Waals surface area contributed by atoms with Gasteiger partial charge in [0.05, 0.1) is 4.92 Å². The van der Waals surface area contributed by atoms with Crippen molar-refractivity contribution in [1.82, 2.24) is 0 Å². The first-order valence-electron chi connectivity index (χ1n) is 7.94. The van der Waals surface area contributed by atoms with Gasteiger partial charge in [0.1, 0.15) is 18.1 Å². The van der Waals surface area contributed by atoms with Gasteiger partial charge in [-0.05, 0) is 55.8 Å². The second kappa shape index (κ2) is 8.66. The van der Waals surface area contributed by atoms with Crippen molar-refractivity contribution in [2.75, 3.05) is 11.9 Å². The van der Waals surface area contributed by atoms with Crippen LogP contribution in [0.25, 0.3) is 0 Å². The molecule has 0 aliphatic rings. The molecule has 0 aromatic heterocycles. The molecule has 1 N–H and O–H groups in total. The number of rotatable bonds is 8. The van der Waals surface area contributed by atoms with Crippen molar-refractivity contribution < 1.29 is 19.2 Å². The topological polar surface area (TPSA) is 90.7 Å². The van der Waals surface area contributed by atoms with Gasteiger partial charge < -0.3 is 14.8 Å². The molecule has 7 heteroatoms. The zero-order valence-corrected chi connectivity index (χ0v) is 14.6. The molecule has 2 rings (SSSR count). The summed E-state index contributed by atoms with van der Waals surface area (Å²) < 4.78 is 11.0. The van der Waals surface area contributed by atoms with E-state index in [0.717, 1.165) is 5.57 Å². The Labute approximate surface area is 151 Å². The van der Waals surface area contributed by atoms with Crippen molar-refractivity contribution in [3.63, 3.8) is 0 Å². The third-order valence-electron chi connectivity index (χ3n) is 3.34. The summed E-state index contributed by atoms with van der Waals surface area (Å²) in [6, 6.07) is 12.5. The van der Waals surface area contributed by atoms with Gasteiger partial charge in [-0.1, -0.05) is 6.58 Å². The van der Waals surface area contributed by atoms with Gasteiger partial charge in [-0.15, -0.1) is 0 Å². The highest BCUT2D eigenvalue weighted by molar-refractivity contribution is 5.94. The van der Waals surface area contributed by atoms with Crippen molar-refractivity contribution in [3.05, 3.63) is 70.8 Å². The van der Waals surface area contributed by atoms with Gasteiger partial charge in [-0.2, -0.15) is 0 Å². The van der Waals surface area contributed by atoms with E-state index in [1.165, 1.54) is 24.3 Å². The van der Waals surface area contributed by atoms with E-state index in [1.54, 1.807) is 31.2 Å². The lowest BCUT2D eigenvalue weighted by Gasteiger charge is -2.15. The minimum Gasteiger partial charge on any atom is -0.489 e.